The first kappa shape index (κ1) is 22.8. The van der Waals surface area contributed by atoms with Crippen LogP contribution < -0.4 is 21.3 Å². The van der Waals surface area contributed by atoms with Gasteiger partial charge in [0.05, 0.1) is 5.75 Å². The molecule has 1 aliphatic heterocycles. The summed E-state index contributed by atoms with van der Waals surface area (Å²) < 4.78 is 0. The highest BCUT2D eigenvalue weighted by Gasteiger charge is 2.28. The number of anilines is 1. The summed E-state index contributed by atoms with van der Waals surface area (Å²) in [6.45, 7) is 4.37. The number of carbonyl (C=O) groups excluding carboxylic acids is 3. The van der Waals surface area contributed by atoms with Crippen molar-refractivity contribution in [2.24, 2.45) is 0 Å². The van der Waals surface area contributed by atoms with Gasteiger partial charge in [-0.25, -0.2) is 0 Å². The van der Waals surface area contributed by atoms with E-state index in [-0.39, 0.29) is 42.4 Å². The van der Waals surface area contributed by atoms with Crippen LogP contribution in [-0.4, -0.2) is 35.0 Å². The number of hydrogen-bond acceptors (Lipinski definition) is 5. The van der Waals surface area contributed by atoms with Crippen LogP contribution in [0.1, 0.15) is 29.5 Å². The summed E-state index contributed by atoms with van der Waals surface area (Å²) in [6, 6.07) is 15.3. The third kappa shape index (κ3) is 7.41. The Bertz CT molecular complexity index is 936. The summed E-state index contributed by atoms with van der Waals surface area (Å²) in [7, 11) is 0. The van der Waals surface area contributed by atoms with E-state index >= 15 is 0 Å². The maximum absolute atomic E-state index is 12.3. The highest BCUT2D eigenvalue weighted by atomic mass is 32.2. The van der Waals surface area contributed by atoms with Crippen LogP contribution in [0.4, 0.5) is 5.69 Å². The minimum absolute atomic E-state index is 0.118. The van der Waals surface area contributed by atoms with Gasteiger partial charge in [0.2, 0.25) is 17.7 Å². The number of thioether (sulfide) groups is 1. The lowest BCUT2D eigenvalue weighted by Gasteiger charge is -2.30. The zero-order chi connectivity index (χ0) is 22.2. The Morgan fingerprint density at radius 3 is 2.65 bits per heavy atom. The van der Waals surface area contributed by atoms with Gasteiger partial charge in [-0.1, -0.05) is 42.5 Å². The summed E-state index contributed by atoms with van der Waals surface area (Å²) in [5.41, 5.74) is 3.46. The smallest absolute Gasteiger partial charge is 0.234 e. The molecular formula is C23H28N4O3S. The van der Waals surface area contributed by atoms with E-state index in [1.807, 2.05) is 62.4 Å². The molecule has 1 saturated heterocycles. The van der Waals surface area contributed by atoms with Crippen LogP contribution in [-0.2, 0) is 20.9 Å². The summed E-state index contributed by atoms with van der Waals surface area (Å²) >= 11 is 1.29. The first-order valence-corrected chi connectivity index (χ1v) is 11.3. The molecule has 8 heteroatoms. The number of rotatable bonds is 8. The topological polar surface area (TPSA) is 99.3 Å². The molecule has 0 saturated carbocycles. The third-order valence-electron chi connectivity index (χ3n) is 4.92. The van der Waals surface area contributed by atoms with Gasteiger partial charge in [-0.2, -0.15) is 0 Å². The van der Waals surface area contributed by atoms with Crippen LogP contribution in [0.15, 0.2) is 48.5 Å². The Morgan fingerprint density at radius 2 is 1.87 bits per heavy atom. The molecule has 2 aromatic rings. The lowest BCUT2D eigenvalue weighted by Crippen LogP contribution is -2.56. The molecule has 0 aromatic heterocycles. The van der Waals surface area contributed by atoms with Crippen LogP contribution in [0.3, 0.4) is 0 Å². The van der Waals surface area contributed by atoms with Crippen LogP contribution >= 0.6 is 11.8 Å². The fourth-order valence-corrected chi connectivity index (χ4v) is 4.17. The normalized spacial score (nSPS) is 18.2. The Morgan fingerprint density at radius 1 is 1.10 bits per heavy atom. The molecule has 1 fully saturated rings. The average Bonchev–Trinajstić information content (AvgIpc) is 2.74. The molecule has 164 valence electrons. The minimum atomic E-state index is -0.419. The lowest BCUT2D eigenvalue weighted by molar-refractivity contribution is -0.125. The van der Waals surface area contributed by atoms with Crippen LogP contribution in [0.25, 0.3) is 0 Å². The monoisotopic (exact) mass is 440 g/mol. The second kappa shape index (κ2) is 11.0. The number of hydrogen-bond donors (Lipinski definition) is 4. The molecule has 4 N–H and O–H groups in total. The Kier molecular flexibility index (Phi) is 8.08. The summed E-state index contributed by atoms with van der Waals surface area (Å²) in [4.78, 5) is 36.7. The van der Waals surface area contributed by atoms with Crippen molar-refractivity contribution in [1.82, 2.24) is 16.0 Å². The molecule has 3 amide bonds. The molecule has 31 heavy (non-hydrogen) atoms. The molecule has 2 atom stereocenters. The standard InChI is InChI=1S/C23H28N4O3S/c1-15-8-9-16(2)19(10-15)26-22(30)14-31-23-25-18(12-21(29)27-23)11-20(28)24-13-17-6-4-3-5-7-17/h3-10,18,23,25H,11-14H2,1-2H3,(H,24,28)(H,26,30)(H,27,29). The van der Waals surface area contributed by atoms with E-state index in [4.69, 9.17) is 0 Å². The molecule has 0 spiro atoms. The Balaban J connectivity index is 1.44. The van der Waals surface area contributed by atoms with Crippen molar-refractivity contribution in [2.45, 2.75) is 44.8 Å². The van der Waals surface area contributed by atoms with Crippen molar-refractivity contribution in [3.05, 3.63) is 65.2 Å². The number of carbonyl (C=O) groups is 3. The molecule has 0 bridgehead atoms. The van der Waals surface area contributed by atoms with Crippen molar-refractivity contribution in [3.63, 3.8) is 0 Å². The zero-order valence-corrected chi connectivity index (χ0v) is 18.6. The Hall–Kier alpha value is -2.84. The summed E-state index contributed by atoms with van der Waals surface area (Å²) in [5.74, 6) is -0.213. The van der Waals surface area contributed by atoms with E-state index in [1.54, 1.807) is 0 Å². The number of nitrogens with one attached hydrogen (secondary N) is 4. The van der Waals surface area contributed by atoms with E-state index in [0.717, 1.165) is 22.4 Å². The van der Waals surface area contributed by atoms with Crippen LogP contribution in [0, 0.1) is 13.8 Å². The minimum Gasteiger partial charge on any atom is -0.352 e. The Labute approximate surface area is 186 Å². The molecule has 1 heterocycles. The lowest BCUT2D eigenvalue weighted by atomic mass is 10.1. The molecule has 3 rings (SSSR count). The van der Waals surface area contributed by atoms with Crippen molar-refractivity contribution in [3.8, 4) is 0 Å². The molecular weight excluding hydrogens is 412 g/mol. The number of aryl methyl sites for hydroxylation is 2. The van der Waals surface area contributed by atoms with Gasteiger partial charge in [-0.05, 0) is 36.6 Å². The van der Waals surface area contributed by atoms with Gasteiger partial charge in [-0.3, -0.25) is 19.7 Å². The van der Waals surface area contributed by atoms with Gasteiger partial charge in [0.25, 0.3) is 0 Å². The number of benzene rings is 2. The predicted octanol–water partition coefficient (Wildman–Crippen LogP) is 2.44. The van der Waals surface area contributed by atoms with Crippen LogP contribution in [0.5, 0.6) is 0 Å². The van der Waals surface area contributed by atoms with E-state index in [0.29, 0.717) is 6.54 Å². The summed E-state index contributed by atoms with van der Waals surface area (Å²) in [6.07, 6.45) is 0.427. The maximum atomic E-state index is 12.3. The first-order chi connectivity index (χ1) is 14.9. The van der Waals surface area contributed by atoms with Gasteiger partial charge in [0.1, 0.15) is 5.50 Å². The highest BCUT2D eigenvalue weighted by Crippen LogP contribution is 2.18. The second-order valence-electron chi connectivity index (χ2n) is 7.66. The predicted molar refractivity (Wildman–Crippen MR) is 123 cm³/mol. The SMILES string of the molecule is Cc1ccc(C)c(NC(=O)CSC2NC(=O)CC(CC(=O)NCc3ccccc3)N2)c1. The van der Waals surface area contributed by atoms with E-state index < -0.39 is 5.50 Å². The third-order valence-corrected chi connectivity index (χ3v) is 5.94. The van der Waals surface area contributed by atoms with Gasteiger partial charge >= 0.3 is 0 Å². The van der Waals surface area contributed by atoms with Crippen molar-refractivity contribution < 1.29 is 14.4 Å². The number of amides is 3. The molecule has 2 unspecified atom stereocenters. The zero-order valence-electron chi connectivity index (χ0n) is 17.7. The van der Waals surface area contributed by atoms with Gasteiger partial charge < -0.3 is 16.0 Å². The fraction of sp³-hybridized carbons (Fsp3) is 0.348. The van der Waals surface area contributed by atoms with Crippen molar-refractivity contribution in [2.75, 3.05) is 11.1 Å². The van der Waals surface area contributed by atoms with Crippen molar-refractivity contribution >= 4 is 35.2 Å². The highest BCUT2D eigenvalue weighted by molar-refractivity contribution is 8.00. The largest absolute Gasteiger partial charge is 0.352 e. The van der Waals surface area contributed by atoms with E-state index in [9.17, 15) is 14.4 Å². The van der Waals surface area contributed by atoms with E-state index in [2.05, 4.69) is 21.3 Å². The molecule has 1 aliphatic rings. The van der Waals surface area contributed by atoms with Gasteiger partial charge in [-0.15, -0.1) is 11.8 Å². The van der Waals surface area contributed by atoms with Gasteiger partial charge in [0.15, 0.2) is 0 Å². The average molecular weight is 441 g/mol. The molecule has 7 nitrogen and oxygen atoms in total. The second-order valence-corrected chi connectivity index (χ2v) is 8.75. The quantitative estimate of drug-likeness (QED) is 0.505. The van der Waals surface area contributed by atoms with Crippen LogP contribution in [0.2, 0.25) is 0 Å². The van der Waals surface area contributed by atoms with Gasteiger partial charge in [0, 0.05) is 31.1 Å². The van der Waals surface area contributed by atoms with E-state index in [1.165, 1.54) is 11.8 Å². The molecule has 0 aliphatic carbocycles. The first-order valence-electron chi connectivity index (χ1n) is 10.2. The van der Waals surface area contributed by atoms with Crippen molar-refractivity contribution in [1.29, 1.82) is 0 Å². The maximum Gasteiger partial charge on any atom is 0.234 e. The summed E-state index contributed by atoms with van der Waals surface area (Å²) in [5, 5.41) is 11.9. The molecule has 2 aromatic carbocycles. The fourth-order valence-electron chi connectivity index (χ4n) is 3.27. The molecule has 0 radical (unpaired) electrons.